The van der Waals surface area contributed by atoms with Crippen LogP contribution in [-0.2, 0) is 22.3 Å². The van der Waals surface area contributed by atoms with E-state index >= 15 is 0 Å². The molecule has 0 spiro atoms. The minimum absolute atomic E-state index is 0.0905. The number of morpholine rings is 1. The molecular formula is C22H23F5N2O3. The van der Waals surface area contributed by atoms with Crippen LogP contribution >= 0.6 is 0 Å². The number of nitrogens with one attached hydrogen (secondary N) is 1. The van der Waals surface area contributed by atoms with Gasteiger partial charge in [-0.05, 0) is 42.3 Å². The smallest absolute Gasteiger partial charge is 0.419 e. The average Bonchev–Trinajstić information content (AvgIpc) is 2.74. The first-order chi connectivity index (χ1) is 15.1. The molecule has 1 heterocycles. The number of methoxy groups -OCH3 is 1. The van der Waals surface area contributed by atoms with Gasteiger partial charge in [0.25, 0.3) is 0 Å². The molecule has 2 aromatic carbocycles. The molecule has 0 bridgehead atoms. The van der Waals surface area contributed by atoms with Gasteiger partial charge in [0.1, 0.15) is 12.4 Å². The molecule has 1 fully saturated rings. The van der Waals surface area contributed by atoms with Gasteiger partial charge in [-0.3, -0.25) is 4.79 Å². The molecule has 2 unspecified atom stereocenters. The van der Waals surface area contributed by atoms with E-state index in [2.05, 4.69) is 5.32 Å². The quantitative estimate of drug-likeness (QED) is 0.636. The Hall–Kier alpha value is -2.72. The van der Waals surface area contributed by atoms with Crippen molar-refractivity contribution in [3.05, 3.63) is 64.7 Å². The van der Waals surface area contributed by atoms with Crippen molar-refractivity contribution in [2.75, 3.05) is 26.8 Å². The second-order valence-corrected chi connectivity index (χ2v) is 7.54. The average molecular weight is 458 g/mol. The van der Waals surface area contributed by atoms with Crippen LogP contribution < -0.4 is 10.1 Å². The summed E-state index contributed by atoms with van der Waals surface area (Å²) in [4.78, 5) is 13.6. The van der Waals surface area contributed by atoms with Crippen LogP contribution in [0.2, 0.25) is 0 Å². The third kappa shape index (κ3) is 5.74. The van der Waals surface area contributed by atoms with Crippen LogP contribution in [0.15, 0.2) is 36.4 Å². The van der Waals surface area contributed by atoms with Gasteiger partial charge >= 0.3 is 6.18 Å². The maximum absolute atomic E-state index is 13.6. The maximum atomic E-state index is 13.6. The van der Waals surface area contributed by atoms with Gasteiger partial charge in [-0.2, -0.15) is 13.2 Å². The summed E-state index contributed by atoms with van der Waals surface area (Å²) in [5.74, 6) is -2.07. The minimum atomic E-state index is -4.82. The number of ether oxygens (including phenoxy) is 2. The molecule has 2 atom stereocenters. The maximum Gasteiger partial charge on any atom is 0.419 e. The van der Waals surface area contributed by atoms with E-state index in [0.29, 0.717) is 6.54 Å². The number of halogens is 5. The fourth-order valence-corrected chi connectivity index (χ4v) is 3.44. The summed E-state index contributed by atoms with van der Waals surface area (Å²) in [6, 6.07) is 7.03. The normalized spacial score (nSPS) is 18.0. The van der Waals surface area contributed by atoms with Crippen LogP contribution in [0.4, 0.5) is 22.0 Å². The van der Waals surface area contributed by atoms with E-state index in [1.807, 2.05) is 6.92 Å². The molecule has 174 valence electrons. The Kier molecular flexibility index (Phi) is 7.35. The second kappa shape index (κ2) is 9.83. The van der Waals surface area contributed by atoms with Gasteiger partial charge in [0.05, 0.1) is 18.8 Å². The van der Waals surface area contributed by atoms with Crippen molar-refractivity contribution in [3.63, 3.8) is 0 Å². The summed E-state index contributed by atoms with van der Waals surface area (Å²) in [6.45, 7) is 2.08. The second-order valence-electron chi connectivity index (χ2n) is 7.54. The monoisotopic (exact) mass is 458 g/mol. The molecule has 0 aliphatic carbocycles. The van der Waals surface area contributed by atoms with Crippen LogP contribution in [0.5, 0.6) is 5.75 Å². The number of rotatable bonds is 7. The van der Waals surface area contributed by atoms with E-state index in [9.17, 15) is 26.7 Å². The van der Waals surface area contributed by atoms with Crippen LogP contribution in [0.1, 0.15) is 29.7 Å². The predicted molar refractivity (Wildman–Crippen MR) is 106 cm³/mol. The Labute approximate surface area is 182 Å². The zero-order valence-electron chi connectivity index (χ0n) is 17.5. The van der Waals surface area contributed by atoms with E-state index < -0.39 is 29.5 Å². The Bertz CT molecular complexity index is 967. The number of benzene rings is 2. The van der Waals surface area contributed by atoms with Gasteiger partial charge in [0.15, 0.2) is 11.6 Å². The van der Waals surface area contributed by atoms with Gasteiger partial charge < -0.3 is 19.7 Å². The molecule has 1 saturated heterocycles. The first-order valence-electron chi connectivity index (χ1n) is 9.90. The van der Waals surface area contributed by atoms with Crippen molar-refractivity contribution in [3.8, 4) is 5.75 Å². The number of carbonyl (C=O) groups excluding carboxylic acids is 1. The van der Waals surface area contributed by atoms with Gasteiger partial charge in [-0.25, -0.2) is 8.78 Å². The first kappa shape index (κ1) is 23.9. The molecule has 0 aromatic heterocycles. The molecule has 2 aromatic rings. The van der Waals surface area contributed by atoms with Crippen molar-refractivity contribution in [2.24, 2.45) is 0 Å². The molecule has 1 amide bonds. The molecule has 0 radical (unpaired) electrons. The lowest BCUT2D eigenvalue weighted by Crippen LogP contribution is -2.49. The molecule has 3 rings (SSSR count). The summed E-state index contributed by atoms with van der Waals surface area (Å²) < 4.78 is 76.5. The molecule has 5 nitrogen and oxygen atoms in total. The van der Waals surface area contributed by atoms with Crippen LogP contribution in [0.3, 0.4) is 0 Å². The standard InChI is InChI=1S/C22H23F5N2O3/c1-13(15-4-6-19(24)20(8-15)31-2)28-9-16-11-29(21(30)12-32-16)10-14-3-5-18(23)17(7-14)22(25,26)27/h3-8,13,16,28H,9-12H2,1-2H3. The highest BCUT2D eigenvalue weighted by Gasteiger charge is 2.34. The van der Waals surface area contributed by atoms with Crippen molar-refractivity contribution < 1.29 is 36.2 Å². The summed E-state index contributed by atoms with van der Waals surface area (Å²) in [7, 11) is 1.38. The fraction of sp³-hybridized carbons (Fsp3) is 0.409. The molecular weight excluding hydrogens is 435 g/mol. The number of alkyl halides is 3. The van der Waals surface area contributed by atoms with E-state index in [0.717, 1.165) is 17.7 Å². The van der Waals surface area contributed by atoms with Crippen LogP contribution in [0, 0.1) is 11.6 Å². The highest BCUT2D eigenvalue weighted by molar-refractivity contribution is 5.78. The highest BCUT2D eigenvalue weighted by Crippen LogP contribution is 2.32. The zero-order chi connectivity index (χ0) is 23.5. The molecule has 32 heavy (non-hydrogen) atoms. The summed E-state index contributed by atoms with van der Waals surface area (Å²) >= 11 is 0. The van der Waals surface area contributed by atoms with Gasteiger partial charge in [-0.1, -0.05) is 12.1 Å². The van der Waals surface area contributed by atoms with Crippen molar-refractivity contribution in [2.45, 2.75) is 31.8 Å². The molecule has 1 aliphatic rings. The lowest BCUT2D eigenvalue weighted by molar-refractivity contribution is -0.149. The Morgan fingerprint density at radius 1 is 1.19 bits per heavy atom. The number of amides is 1. The highest BCUT2D eigenvalue weighted by atomic mass is 19.4. The van der Waals surface area contributed by atoms with E-state index in [1.165, 1.54) is 24.1 Å². The van der Waals surface area contributed by atoms with Crippen molar-refractivity contribution in [1.82, 2.24) is 10.2 Å². The van der Waals surface area contributed by atoms with E-state index in [4.69, 9.17) is 9.47 Å². The zero-order valence-corrected chi connectivity index (χ0v) is 17.5. The summed E-state index contributed by atoms with van der Waals surface area (Å²) in [5, 5.41) is 3.24. The number of carbonyl (C=O) groups is 1. The Morgan fingerprint density at radius 2 is 1.91 bits per heavy atom. The van der Waals surface area contributed by atoms with Crippen molar-refractivity contribution >= 4 is 5.91 Å². The Morgan fingerprint density at radius 3 is 2.59 bits per heavy atom. The first-order valence-corrected chi connectivity index (χ1v) is 9.90. The number of hydrogen-bond acceptors (Lipinski definition) is 4. The lowest BCUT2D eigenvalue weighted by Gasteiger charge is -2.33. The van der Waals surface area contributed by atoms with Gasteiger partial charge in [0.2, 0.25) is 5.91 Å². The van der Waals surface area contributed by atoms with E-state index in [1.54, 1.807) is 12.1 Å². The third-order valence-electron chi connectivity index (χ3n) is 5.26. The lowest BCUT2D eigenvalue weighted by atomic mass is 10.1. The van der Waals surface area contributed by atoms with Gasteiger partial charge in [0, 0.05) is 25.7 Å². The summed E-state index contributed by atoms with van der Waals surface area (Å²) in [5.41, 5.74) is -0.400. The number of hydrogen-bond donors (Lipinski definition) is 1. The number of nitrogens with zero attached hydrogens (tertiary/aromatic N) is 1. The largest absolute Gasteiger partial charge is 0.494 e. The SMILES string of the molecule is COc1cc(C(C)NCC2CN(Cc3ccc(F)c(C(F)(F)F)c3)C(=O)CO2)ccc1F. The molecule has 10 heteroatoms. The van der Waals surface area contributed by atoms with Crippen molar-refractivity contribution in [1.29, 1.82) is 0 Å². The summed E-state index contributed by atoms with van der Waals surface area (Å²) in [6.07, 6.45) is -5.22. The minimum Gasteiger partial charge on any atom is -0.494 e. The van der Waals surface area contributed by atoms with Crippen LogP contribution in [-0.4, -0.2) is 43.7 Å². The topological polar surface area (TPSA) is 50.8 Å². The molecule has 1 aliphatic heterocycles. The third-order valence-corrected chi connectivity index (χ3v) is 5.26. The van der Waals surface area contributed by atoms with Crippen LogP contribution in [0.25, 0.3) is 0 Å². The molecule has 0 saturated carbocycles. The Balaban J connectivity index is 1.61. The fourth-order valence-electron chi connectivity index (χ4n) is 3.44. The predicted octanol–water partition coefficient (Wildman–Crippen LogP) is 4.07. The van der Waals surface area contributed by atoms with Gasteiger partial charge in [-0.15, -0.1) is 0 Å². The van der Waals surface area contributed by atoms with E-state index in [-0.39, 0.29) is 43.0 Å². The molecule has 1 N–H and O–H groups in total.